The number of para-hydroxylation sites is 3. The second kappa shape index (κ2) is 21.1. The molecule has 0 aliphatic rings. The van der Waals surface area contributed by atoms with E-state index in [4.69, 9.17) is 13.9 Å². The Hall–Kier alpha value is -6.74. The number of furan rings is 1. The highest BCUT2D eigenvalue weighted by Crippen LogP contribution is 2.39. The third-order valence-corrected chi connectivity index (χ3v) is 11.2. The van der Waals surface area contributed by atoms with Gasteiger partial charge in [0.15, 0.2) is 8.15 Å². The van der Waals surface area contributed by atoms with Gasteiger partial charge in [-0.25, -0.2) is 4.98 Å². The molecule has 9 aromatic rings. The minimum atomic E-state index is -1.09. The molecule has 1 atom stereocenters. The maximum atomic E-state index is 6.65. The summed E-state index contributed by atoms with van der Waals surface area (Å²) in [5.74, 6) is 1.79. The van der Waals surface area contributed by atoms with Crippen LogP contribution in [0, 0.1) is 0 Å². The molecule has 59 heavy (non-hydrogen) atoms. The lowest BCUT2D eigenvalue weighted by Crippen LogP contribution is -2.15. The first-order valence-electron chi connectivity index (χ1n) is 20.1. The highest BCUT2D eigenvalue weighted by atomic mass is 31.1. The zero-order valence-electron chi connectivity index (χ0n) is 34.5. The molecule has 7 aromatic carbocycles. The van der Waals surface area contributed by atoms with Crippen molar-refractivity contribution in [2.24, 2.45) is 0 Å². The van der Waals surface area contributed by atoms with Crippen LogP contribution in [0.1, 0.15) is 34.6 Å². The molecular weight excluding hydrogens is 740 g/mol. The third kappa shape index (κ3) is 10.0. The van der Waals surface area contributed by atoms with Crippen molar-refractivity contribution in [2.45, 2.75) is 34.6 Å². The number of aromatic nitrogens is 2. The lowest BCUT2D eigenvalue weighted by molar-refractivity contribution is 0.630. The van der Waals surface area contributed by atoms with Crippen molar-refractivity contribution in [1.82, 2.24) is 9.55 Å². The van der Waals surface area contributed by atoms with Crippen LogP contribution in [0.5, 0.6) is 5.75 Å². The van der Waals surface area contributed by atoms with Crippen molar-refractivity contribution in [3.63, 3.8) is 0 Å². The molecule has 0 spiro atoms. The quantitative estimate of drug-likeness (QED) is 0.0874. The number of hydrogen-bond donors (Lipinski definition) is 0. The van der Waals surface area contributed by atoms with E-state index < -0.39 is 8.15 Å². The number of hydrogen-bond acceptors (Lipinski definition) is 3. The summed E-state index contributed by atoms with van der Waals surface area (Å²) in [6.45, 7) is 13.4. The van der Waals surface area contributed by atoms with Crippen LogP contribution < -0.4 is 15.1 Å². The molecule has 0 N–H and O–H groups in total. The highest BCUT2D eigenvalue weighted by Gasteiger charge is 2.20. The fourth-order valence-corrected chi connectivity index (χ4v) is 8.22. The Balaban J connectivity index is 0.000000479. The summed E-state index contributed by atoms with van der Waals surface area (Å²) in [6, 6.07) is 60.8. The first-order valence-corrected chi connectivity index (χ1v) is 21.4. The predicted molar refractivity (Wildman–Crippen MR) is 256 cm³/mol. The van der Waals surface area contributed by atoms with Crippen molar-refractivity contribution >= 4 is 51.7 Å². The summed E-state index contributed by atoms with van der Waals surface area (Å²) in [4.78, 5) is 5.00. The average molecular weight is 791 g/mol. The fourth-order valence-electron chi connectivity index (χ4n) is 6.48. The van der Waals surface area contributed by atoms with Gasteiger partial charge in [0.25, 0.3) is 0 Å². The Kier molecular flexibility index (Phi) is 15.0. The van der Waals surface area contributed by atoms with Gasteiger partial charge in [-0.2, -0.15) is 0 Å². The van der Waals surface area contributed by atoms with Crippen LogP contribution in [0.2, 0.25) is 0 Å². The lowest BCUT2D eigenvalue weighted by Gasteiger charge is -2.19. The van der Waals surface area contributed by atoms with Gasteiger partial charge < -0.3 is 8.94 Å². The molecule has 0 aliphatic heterocycles. The Labute approximate surface area is 350 Å². The van der Waals surface area contributed by atoms with Crippen LogP contribution in [0.25, 0.3) is 61.2 Å². The maximum absolute atomic E-state index is 6.65. The van der Waals surface area contributed by atoms with Gasteiger partial charge >= 0.3 is 0 Å². The molecule has 0 fully saturated rings. The Morgan fingerprint density at radius 1 is 0.559 bits per heavy atom. The summed E-state index contributed by atoms with van der Waals surface area (Å²) in [5, 5.41) is 4.46. The Morgan fingerprint density at radius 3 is 1.76 bits per heavy atom. The monoisotopic (exact) mass is 790 g/mol. The van der Waals surface area contributed by atoms with Crippen molar-refractivity contribution in [3.8, 4) is 34.0 Å². The SMILES string of the molecule is C/C=C\C.C=C/C=C\C.CC.c1ccc(OP(c2ccccc2)c2ccc3oc4ccc(-c5ccc(-n6c(-c7ccccc7)nc7ccccc76)cc5)cc4c3c2)cc1. The van der Waals surface area contributed by atoms with E-state index in [-0.39, 0.29) is 0 Å². The van der Waals surface area contributed by atoms with Crippen LogP contribution in [-0.2, 0) is 0 Å². The zero-order chi connectivity index (χ0) is 41.4. The fraction of sp³-hybridized carbons (Fsp3) is 0.0926. The van der Waals surface area contributed by atoms with E-state index in [1.54, 1.807) is 6.08 Å². The number of nitrogens with zero attached hydrogens (tertiary/aromatic N) is 2. The van der Waals surface area contributed by atoms with Gasteiger partial charge in [-0.05, 0) is 98.6 Å². The van der Waals surface area contributed by atoms with E-state index in [2.05, 4.69) is 139 Å². The first-order chi connectivity index (χ1) is 29.1. The van der Waals surface area contributed by atoms with Gasteiger partial charge in [0, 0.05) is 32.6 Å². The van der Waals surface area contributed by atoms with Crippen LogP contribution in [0.4, 0.5) is 0 Å². The van der Waals surface area contributed by atoms with Crippen LogP contribution in [-0.4, -0.2) is 9.55 Å². The first kappa shape index (κ1) is 41.9. The summed E-state index contributed by atoms with van der Waals surface area (Å²) in [7, 11) is -1.09. The molecule has 0 aliphatic carbocycles. The van der Waals surface area contributed by atoms with E-state index in [1.807, 2.05) is 107 Å². The van der Waals surface area contributed by atoms with E-state index >= 15 is 0 Å². The number of benzene rings is 7. The average Bonchev–Trinajstić information content (AvgIpc) is 3.89. The minimum Gasteiger partial charge on any atom is -0.464 e. The maximum Gasteiger partial charge on any atom is 0.150 e. The molecule has 1 unspecified atom stereocenters. The second-order valence-corrected chi connectivity index (χ2v) is 14.9. The number of rotatable bonds is 8. The molecule has 9 rings (SSSR count). The van der Waals surface area contributed by atoms with E-state index in [0.29, 0.717) is 0 Å². The molecule has 2 heterocycles. The van der Waals surface area contributed by atoms with E-state index in [0.717, 1.165) is 77.5 Å². The van der Waals surface area contributed by atoms with Gasteiger partial charge in [0.1, 0.15) is 22.7 Å². The second-order valence-electron chi connectivity index (χ2n) is 13.1. The third-order valence-electron chi connectivity index (χ3n) is 9.33. The van der Waals surface area contributed by atoms with Crippen molar-refractivity contribution < 1.29 is 8.94 Å². The standard InChI is InChI=1S/C43H29N2O2P.C5H8.C4H8.C2H6/c1-4-12-31(13-5-1)43-44-39-18-10-11-19-40(39)45(43)33-23-20-30(21-24-33)32-22-26-41-37(28-32)38-29-36(25-27-42(38)46-41)48(35-16-8-3-9-17-35)47-34-14-6-2-7-15-34;1-3-5-4-2;1-3-4-2;1-2/h1-29H;3-5H,1H2,2H3;3-4H,1-2H3;1-2H3/b;5-4-;4-3-;. The number of allylic oxidation sites excluding steroid dienone is 5. The van der Waals surface area contributed by atoms with Crippen molar-refractivity contribution in [3.05, 3.63) is 213 Å². The summed E-state index contributed by atoms with van der Waals surface area (Å²) in [5.41, 5.74) is 8.21. The van der Waals surface area contributed by atoms with Gasteiger partial charge in [0.05, 0.1) is 11.0 Å². The van der Waals surface area contributed by atoms with Gasteiger partial charge in [-0.15, -0.1) is 0 Å². The summed E-state index contributed by atoms with van der Waals surface area (Å²) < 4.78 is 15.2. The largest absolute Gasteiger partial charge is 0.464 e. The molecule has 0 saturated carbocycles. The van der Waals surface area contributed by atoms with E-state index in [1.165, 1.54) is 0 Å². The normalized spacial score (nSPS) is 11.3. The van der Waals surface area contributed by atoms with Crippen LogP contribution >= 0.6 is 8.15 Å². The van der Waals surface area contributed by atoms with E-state index in [9.17, 15) is 0 Å². The molecule has 2 aromatic heterocycles. The molecule has 0 radical (unpaired) electrons. The van der Waals surface area contributed by atoms with Gasteiger partial charge in [-0.3, -0.25) is 4.57 Å². The van der Waals surface area contributed by atoms with Crippen LogP contribution in [0.3, 0.4) is 0 Å². The number of fused-ring (bicyclic) bond motifs is 4. The summed E-state index contributed by atoms with van der Waals surface area (Å²) >= 11 is 0. The molecule has 5 heteroatoms. The highest BCUT2D eigenvalue weighted by molar-refractivity contribution is 7.68. The summed E-state index contributed by atoms with van der Waals surface area (Å²) in [6.07, 6.45) is 9.58. The van der Waals surface area contributed by atoms with Gasteiger partial charge in [0.2, 0.25) is 0 Å². The minimum absolute atomic E-state index is 0.856. The Morgan fingerprint density at radius 2 is 1.14 bits per heavy atom. The molecule has 0 amide bonds. The smallest absolute Gasteiger partial charge is 0.150 e. The molecule has 294 valence electrons. The topological polar surface area (TPSA) is 40.2 Å². The van der Waals surface area contributed by atoms with Crippen molar-refractivity contribution in [1.29, 1.82) is 0 Å². The predicted octanol–water partition coefficient (Wildman–Crippen LogP) is 15.0. The molecule has 0 bridgehead atoms. The molecule has 0 saturated heterocycles. The Bertz CT molecular complexity index is 2740. The van der Waals surface area contributed by atoms with Crippen molar-refractivity contribution in [2.75, 3.05) is 0 Å². The van der Waals surface area contributed by atoms with Crippen LogP contribution in [0.15, 0.2) is 217 Å². The van der Waals surface area contributed by atoms with Gasteiger partial charge in [-0.1, -0.05) is 160 Å². The molecule has 4 nitrogen and oxygen atoms in total. The zero-order valence-corrected chi connectivity index (χ0v) is 35.4. The lowest BCUT2D eigenvalue weighted by atomic mass is 10.0. The molecular formula is C54H51N2O2P. The number of imidazole rings is 1.